The fourth-order valence-electron chi connectivity index (χ4n) is 2.32. The van der Waals surface area contributed by atoms with Gasteiger partial charge in [-0.3, -0.25) is 4.99 Å². The van der Waals surface area contributed by atoms with Gasteiger partial charge in [0.1, 0.15) is 0 Å². The van der Waals surface area contributed by atoms with E-state index in [2.05, 4.69) is 39.6 Å². The van der Waals surface area contributed by atoms with Crippen LogP contribution in [0.25, 0.3) is 5.82 Å². The SMILES string of the molecule is CCC(CC)CNC(=NC)NCc1ccnc(-n2cccn2)c1. The lowest BCUT2D eigenvalue weighted by atomic mass is 10.0. The maximum absolute atomic E-state index is 4.34. The molecule has 0 radical (unpaired) electrons. The van der Waals surface area contributed by atoms with Gasteiger partial charge in [0, 0.05) is 38.7 Å². The highest BCUT2D eigenvalue weighted by atomic mass is 15.3. The Morgan fingerprint density at radius 1 is 1.26 bits per heavy atom. The first-order chi connectivity index (χ1) is 11.3. The van der Waals surface area contributed by atoms with Crippen LogP contribution in [0.2, 0.25) is 0 Å². The molecule has 0 aliphatic rings. The molecule has 2 N–H and O–H groups in total. The second-order valence-corrected chi connectivity index (χ2v) is 5.46. The van der Waals surface area contributed by atoms with Crippen LogP contribution in [-0.2, 0) is 6.54 Å². The van der Waals surface area contributed by atoms with Crippen LogP contribution in [0.4, 0.5) is 0 Å². The number of aromatic nitrogens is 3. The van der Waals surface area contributed by atoms with Crippen molar-refractivity contribution in [2.45, 2.75) is 33.2 Å². The van der Waals surface area contributed by atoms with Crippen molar-refractivity contribution in [1.82, 2.24) is 25.4 Å². The van der Waals surface area contributed by atoms with Crippen LogP contribution in [-0.4, -0.2) is 34.3 Å². The molecule has 0 unspecified atom stereocenters. The standard InChI is InChI=1S/C17H26N6/c1-4-14(5-2)12-20-17(18-3)21-13-15-7-9-19-16(11-15)23-10-6-8-22-23/h6-11,14H,4-5,12-13H2,1-3H3,(H2,18,20,21). The first kappa shape index (κ1) is 17.0. The van der Waals surface area contributed by atoms with Crippen molar-refractivity contribution in [2.24, 2.45) is 10.9 Å². The lowest BCUT2D eigenvalue weighted by Crippen LogP contribution is -2.39. The fourth-order valence-corrected chi connectivity index (χ4v) is 2.32. The zero-order valence-corrected chi connectivity index (χ0v) is 14.2. The Bertz CT molecular complexity index is 601. The summed E-state index contributed by atoms with van der Waals surface area (Å²) in [5.41, 5.74) is 1.14. The van der Waals surface area contributed by atoms with Gasteiger partial charge in [-0.25, -0.2) is 9.67 Å². The molecule has 0 saturated carbocycles. The van der Waals surface area contributed by atoms with Gasteiger partial charge in [0.15, 0.2) is 11.8 Å². The van der Waals surface area contributed by atoms with E-state index < -0.39 is 0 Å². The van der Waals surface area contributed by atoms with E-state index in [1.165, 1.54) is 12.8 Å². The molecule has 2 heterocycles. The van der Waals surface area contributed by atoms with Crippen molar-refractivity contribution in [3.8, 4) is 5.82 Å². The van der Waals surface area contributed by atoms with Crippen molar-refractivity contribution in [3.05, 3.63) is 42.4 Å². The maximum Gasteiger partial charge on any atom is 0.191 e. The number of hydrogen-bond donors (Lipinski definition) is 2. The normalized spacial score (nSPS) is 11.7. The lowest BCUT2D eigenvalue weighted by Gasteiger charge is -2.16. The van der Waals surface area contributed by atoms with E-state index >= 15 is 0 Å². The Morgan fingerprint density at radius 3 is 2.74 bits per heavy atom. The molecule has 23 heavy (non-hydrogen) atoms. The van der Waals surface area contributed by atoms with Crippen LogP contribution in [0, 0.1) is 5.92 Å². The lowest BCUT2D eigenvalue weighted by molar-refractivity contribution is 0.481. The van der Waals surface area contributed by atoms with E-state index in [0.29, 0.717) is 12.5 Å². The molecule has 2 rings (SSSR count). The van der Waals surface area contributed by atoms with Gasteiger partial charge in [-0.1, -0.05) is 26.7 Å². The Balaban J connectivity index is 1.90. The second-order valence-electron chi connectivity index (χ2n) is 5.46. The van der Waals surface area contributed by atoms with Gasteiger partial charge >= 0.3 is 0 Å². The van der Waals surface area contributed by atoms with E-state index in [9.17, 15) is 0 Å². The molecule has 6 heteroatoms. The summed E-state index contributed by atoms with van der Waals surface area (Å²) in [6.07, 6.45) is 7.79. The van der Waals surface area contributed by atoms with Gasteiger partial charge in [0.2, 0.25) is 0 Å². The van der Waals surface area contributed by atoms with Crippen LogP contribution < -0.4 is 10.6 Å². The van der Waals surface area contributed by atoms with Crippen LogP contribution in [0.1, 0.15) is 32.3 Å². The Morgan fingerprint density at radius 2 is 2.09 bits per heavy atom. The third kappa shape index (κ3) is 5.09. The first-order valence-corrected chi connectivity index (χ1v) is 8.16. The molecule has 0 saturated heterocycles. The van der Waals surface area contributed by atoms with Gasteiger partial charge in [-0.2, -0.15) is 5.10 Å². The quantitative estimate of drug-likeness (QED) is 0.608. The molecular weight excluding hydrogens is 288 g/mol. The summed E-state index contributed by atoms with van der Waals surface area (Å²) < 4.78 is 1.75. The van der Waals surface area contributed by atoms with Crippen LogP contribution in [0.15, 0.2) is 41.8 Å². The molecule has 0 bridgehead atoms. The predicted octanol–water partition coefficient (Wildman–Crippen LogP) is 2.37. The number of guanidine groups is 1. The van der Waals surface area contributed by atoms with E-state index in [0.717, 1.165) is 23.9 Å². The summed E-state index contributed by atoms with van der Waals surface area (Å²) in [5, 5.41) is 10.9. The van der Waals surface area contributed by atoms with E-state index in [1.807, 2.05) is 24.4 Å². The summed E-state index contributed by atoms with van der Waals surface area (Å²) in [6, 6.07) is 5.90. The zero-order valence-electron chi connectivity index (χ0n) is 14.2. The highest BCUT2D eigenvalue weighted by molar-refractivity contribution is 5.79. The topological polar surface area (TPSA) is 67.1 Å². The third-order valence-corrected chi connectivity index (χ3v) is 3.95. The molecular formula is C17H26N6. The van der Waals surface area contributed by atoms with Gasteiger partial charge in [-0.15, -0.1) is 0 Å². The average molecular weight is 314 g/mol. The molecule has 6 nitrogen and oxygen atoms in total. The molecule has 0 amide bonds. The van der Waals surface area contributed by atoms with E-state index in [-0.39, 0.29) is 0 Å². The van der Waals surface area contributed by atoms with Gasteiger partial charge in [0.25, 0.3) is 0 Å². The zero-order chi connectivity index (χ0) is 16.5. The highest BCUT2D eigenvalue weighted by Crippen LogP contribution is 2.06. The Hall–Kier alpha value is -2.37. The van der Waals surface area contributed by atoms with Crippen LogP contribution in [0.5, 0.6) is 0 Å². The smallest absolute Gasteiger partial charge is 0.191 e. The molecule has 2 aromatic rings. The summed E-state index contributed by atoms with van der Waals surface area (Å²) in [4.78, 5) is 8.61. The number of rotatable bonds is 7. The van der Waals surface area contributed by atoms with Gasteiger partial charge in [0.05, 0.1) is 0 Å². The minimum Gasteiger partial charge on any atom is -0.356 e. The second kappa shape index (κ2) is 8.92. The van der Waals surface area contributed by atoms with E-state index in [1.54, 1.807) is 24.1 Å². The molecule has 2 aromatic heterocycles. The number of nitrogens with zero attached hydrogens (tertiary/aromatic N) is 4. The maximum atomic E-state index is 4.34. The number of nitrogens with one attached hydrogen (secondary N) is 2. The van der Waals surface area contributed by atoms with Gasteiger partial charge in [-0.05, 0) is 29.7 Å². The molecule has 0 atom stereocenters. The monoisotopic (exact) mass is 314 g/mol. The molecule has 0 spiro atoms. The summed E-state index contributed by atoms with van der Waals surface area (Å²) in [6.45, 7) is 6.08. The van der Waals surface area contributed by atoms with Crippen molar-refractivity contribution in [2.75, 3.05) is 13.6 Å². The number of pyridine rings is 1. The van der Waals surface area contributed by atoms with Crippen LogP contribution in [0.3, 0.4) is 0 Å². The molecule has 0 aliphatic heterocycles. The average Bonchev–Trinajstić information content (AvgIpc) is 3.13. The van der Waals surface area contributed by atoms with Gasteiger partial charge < -0.3 is 10.6 Å². The fraction of sp³-hybridized carbons (Fsp3) is 0.471. The number of aliphatic imine (C=N–C) groups is 1. The molecule has 0 fully saturated rings. The molecule has 124 valence electrons. The number of hydrogen-bond acceptors (Lipinski definition) is 3. The van der Waals surface area contributed by atoms with Crippen molar-refractivity contribution >= 4 is 5.96 Å². The Labute approximate surface area is 138 Å². The molecule has 0 aliphatic carbocycles. The van der Waals surface area contributed by atoms with Crippen molar-refractivity contribution in [1.29, 1.82) is 0 Å². The third-order valence-electron chi connectivity index (χ3n) is 3.95. The largest absolute Gasteiger partial charge is 0.356 e. The van der Waals surface area contributed by atoms with E-state index in [4.69, 9.17) is 0 Å². The van der Waals surface area contributed by atoms with Crippen LogP contribution >= 0.6 is 0 Å². The summed E-state index contributed by atoms with van der Waals surface area (Å²) in [7, 11) is 1.80. The highest BCUT2D eigenvalue weighted by Gasteiger charge is 2.05. The minimum atomic E-state index is 0.681. The minimum absolute atomic E-state index is 0.681. The predicted molar refractivity (Wildman–Crippen MR) is 93.6 cm³/mol. The molecule has 0 aromatic carbocycles. The summed E-state index contributed by atoms with van der Waals surface area (Å²) >= 11 is 0. The first-order valence-electron chi connectivity index (χ1n) is 8.16. The van der Waals surface area contributed by atoms with Crippen molar-refractivity contribution < 1.29 is 0 Å². The Kier molecular flexibility index (Phi) is 6.59. The summed E-state index contributed by atoms with van der Waals surface area (Å²) in [5.74, 6) is 2.32. The van der Waals surface area contributed by atoms with Crippen molar-refractivity contribution in [3.63, 3.8) is 0 Å².